The number of hydrogen-bond donors (Lipinski definition) is 1. The molecule has 0 saturated heterocycles. The lowest BCUT2D eigenvalue weighted by Gasteiger charge is -2.34. The molecule has 0 fully saturated rings. The molecule has 3 atom stereocenters. The molecular formula is C47H36N2O2. The first kappa shape index (κ1) is 29.8. The van der Waals surface area contributed by atoms with Gasteiger partial charge in [-0.3, -0.25) is 0 Å². The first-order valence-corrected chi connectivity index (χ1v) is 17.8. The Bertz CT molecular complexity index is 2420. The quantitative estimate of drug-likeness (QED) is 0.192. The molecule has 0 bridgehead atoms. The molecule has 4 aliphatic rings. The number of rotatable bonds is 3. The van der Waals surface area contributed by atoms with E-state index in [1.807, 2.05) is 24.3 Å². The Labute approximate surface area is 298 Å². The van der Waals surface area contributed by atoms with Gasteiger partial charge < -0.3 is 20.1 Å². The van der Waals surface area contributed by atoms with E-state index in [2.05, 4.69) is 144 Å². The highest BCUT2D eigenvalue weighted by Crippen LogP contribution is 2.51. The van der Waals surface area contributed by atoms with E-state index < -0.39 is 0 Å². The van der Waals surface area contributed by atoms with E-state index in [-0.39, 0.29) is 12.1 Å². The number of hydrogen-bond acceptors (Lipinski definition) is 4. The minimum absolute atomic E-state index is 0.126. The summed E-state index contributed by atoms with van der Waals surface area (Å²) in [6.07, 6.45) is 11.3. The molecule has 6 aromatic carbocycles. The molecule has 2 aliphatic carbocycles. The second-order valence-electron chi connectivity index (χ2n) is 13.7. The molecule has 0 radical (unpaired) electrons. The Morgan fingerprint density at radius 3 is 1.90 bits per heavy atom. The average molecular weight is 661 g/mol. The molecule has 0 saturated carbocycles. The lowest BCUT2D eigenvalue weighted by atomic mass is 9.86. The fourth-order valence-electron chi connectivity index (χ4n) is 8.36. The monoisotopic (exact) mass is 660 g/mol. The molecule has 6 aromatic rings. The highest BCUT2D eigenvalue weighted by molar-refractivity contribution is 5.86. The Morgan fingerprint density at radius 1 is 0.529 bits per heavy atom. The molecular weight excluding hydrogens is 625 g/mol. The zero-order valence-corrected chi connectivity index (χ0v) is 28.1. The first-order chi connectivity index (χ1) is 25.2. The van der Waals surface area contributed by atoms with Gasteiger partial charge in [-0.2, -0.15) is 0 Å². The number of anilines is 1. The summed E-state index contributed by atoms with van der Waals surface area (Å²) in [6.45, 7) is 0. The molecule has 2 N–H and O–H groups in total. The normalized spacial score (nSPS) is 19.5. The molecule has 246 valence electrons. The van der Waals surface area contributed by atoms with Gasteiger partial charge >= 0.3 is 0 Å². The summed E-state index contributed by atoms with van der Waals surface area (Å²) in [6, 6.07) is 48.9. The van der Waals surface area contributed by atoms with Crippen molar-refractivity contribution in [3.05, 3.63) is 175 Å². The van der Waals surface area contributed by atoms with Crippen molar-refractivity contribution in [3.63, 3.8) is 0 Å². The van der Waals surface area contributed by atoms with Gasteiger partial charge in [0.15, 0.2) is 0 Å². The van der Waals surface area contributed by atoms with Gasteiger partial charge in [-0.15, -0.1) is 0 Å². The van der Waals surface area contributed by atoms with Crippen LogP contribution in [0.15, 0.2) is 175 Å². The van der Waals surface area contributed by atoms with Crippen LogP contribution in [0.5, 0.6) is 23.0 Å². The van der Waals surface area contributed by atoms with Crippen LogP contribution in [0.2, 0.25) is 0 Å². The Balaban J connectivity index is 1.15. The third-order valence-electron chi connectivity index (χ3n) is 10.8. The number of nitrogens with two attached hydrogens (primary N) is 1. The Morgan fingerprint density at radius 2 is 1.14 bits per heavy atom. The second-order valence-corrected chi connectivity index (χ2v) is 13.7. The van der Waals surface area contributed by atoms with Crippen molar-refractivity contribution >= 4 is 5.69 Å². The van der Waals surface area contributed by atoms with Crippen molar-refractivity contribution in [1.29, 1.82) is 0 Å². The Hall–Kier alpha value is -6.10. The number of para-hydroxylation sites is 2. The van der Waals surface area contributed by atoms with Crippen LogP contribution in [-0.4, -0.2) is 12.1 Å². The van der Waals surface area contributed by atoms with Crippen molar-refractivity contribution < 1.29 is 9.47 Å². The first-order valence-electron chi connectivity index (χ1n) is 17.8. The maximum atomic E-state index is 7.02. The van der Waals surface area contributed by atoms with E-state index in [0.717, 1.165) is 74.9 Å². The van der Waals surface area contributed by atoms with Gasteiger partial charge in [0.05, 0.1) is 12.1 Å². The van der Waals surface area contributed by atoms with Crippen molar-refractivity contribution in [2.75, 3.05) is 4.90 Å². The smallest absolute Gasteiger partial charge is 0.137 e. The van der Waals surface area contributed by atoms with Gasteiger partial charge in [0, 0.05) is 45.6 Å². The lowest BCUT2D eigenvalue weighted by molar-refractivity contribution is 0.472. The summed E-state index contributed by atoms with van der Waals surface area (Å²) < 4.78 is 14.0. The summed E-state index contributed by atoms with van der Waals surface area (Å²) in [5.41, 5.74) is 18.8. The number of benzene rings is 6. The van der Waals surface area contributed by atoms with Gasteiger partial charge in [-0.1, -0.05) is 115 Å². The number of allylic oxidation sites excluding steroid dienone is 2. The summed E-state index contributed by atoms with van der Waals surface area (Å²) in [5, 5.41) is 0. The fraction of sp³-hybridized carbons (Fsp3) is 0.106. The SMILES string of the molecule is N[C@@H]1C=CC2=C1N(c1ccc3c(c1)Oc1ccccc1-c1ccccc1Oc1cc(-c4cccc(-c5ccccc5)c4)ccc1-3)C1C=CCCC21. The van der Waals surface area contributed by atoms with Crippen molar-refractivity contribution in [2.45, 2.75) is 24.9 Å². The van der Waals surface area contributed by atoms with Crippen LogP contribution < -0.4 is 20.1 Å². The molecule has 51 heavy (non-hydrogen) atoms. The average Bonchev–Trinajstić information content (AvgIpc) is 3.73. The molecule has 10 rings (SSSR count). The zero-order chi connectivity index (χ0) is 33.9. The molecule has 0 amide bonds. The molecule has 0 spiro atoms. The predicted octanol–water partition coefficient (Wildman–Crippen LogP) is 11.6. The van der Waals surface area contributed by atoms with Crippen LogP contribution in [0.3, 0.4) is 0 Å². The van der Waals surface area contributed by atoms with E-state index in [0.29, 0.717) is 5.92 Å². The molecule has 4 heteroatoms. The maximum absolute atomic E-state index is 7.02. The van der Waals surface area contributed by atoms with Crippen molar-refractivity contribution in [2.24, 2.45) is 11.7 Å². The topological polar surface area (TPSA) is 47.7 Å². The minimum Gasteiger partial charge on any atom is -0.456 e. The van der Waals surface area contributed by atoms with Crippen LogP contribution >= 0.6 is 0 Å². The van der Waals surface area contributed by atoms with E-state index in [1.54, 1.807) is 0 Å². The minimum atomic E-state index is -0.126. The third-order valence-corrected chi connectivity index (χ3v) is 10.8. The second kappa shape index (κ2) is 12.0. The van der Waals surface area contributed by atoms with Crippen molar-refractivity contribution in [1.82, 2.24) is 0 Å². The van der Waals surface area contributed by atoms with Crippen LogP contribution in [0, 0.1) is 5.92 Å². The summed E-state index contributed by atoms with van der Waals surface area (Å²) in [5.74, 6) is 3.54. The van der Waals surface area contributed by atoms with E-state index in [9.17, 15) is 0 Å². The van der Waals surface area contributed by atoms with Crippen LogP contribution in [-0.2, 0) is 0 Å². The highest BCUT2D eigenvalue weighted by Gasteiger charge is 2.43. The highest BCUT2D eigenvalue weighted by atomic mass is 16.5. The third kappa shape index (κ3) is 5.02. The molecule has 0 aromatic heterocycles. The van der Waals surface area contributed by atoms with E-state index >= 15 is 0 Å². The molecule has 2 heterocycles. The van der Waals surface area contributed by atoms with Gasteiger partial charge in [-0.25, -0.2) is 0 Å². The standard InChI is InChI=1S/C47H36N2O2/c48-41-26-25-40-35-15-4-7-18-42(35)49(47(40)41)34-22-24-39-38-23-21-33(32-14-10-13-31(27-32)30-11-2-1-3-12-30)28-45(38)50-43-19-8-5-16-36(43)37-17-6-9-20-44(37)51-46(39)29-34/h1-3,5-14,16-29,35,41-42H,4,15,48H2/t35?,41-,42?/m1/s1. The van der Waals surface area contributed by atoms with E-state index in [1.165, 1.54) is 22.4 Å². The molecule has 2 unspecified atom stereocenters. The summed E-state index contributed by atoms with van der Waals surface area (Å²) in [4.78, 5) is 2.45. The summed E-state index contributed by atoms with van der Waals surface area (Å²) >= 11 is 0. The predicted molar refractivity (Wildman–Crippen MR) is 207 cm³/mol. The molecule has 2 aliphatic heterocycles. The van der Waals surface area contributed by atoms with Gasteiger partial charge in [-0.05, 0) is 83.1 Å². The zero-order valence-electron chi connectivity index (χ0n) is 28.1. The van der Waals surface area contributed by atoms with Gasteiger partial charge in [0.1, 0.15) is 23.0 Å². The van der Waals surface area contributed by atoms with E-state index in [4.69, 9.17) is 15.2 Å². The fourth-order valence-corrected chi connectivity index (χ4v) is 8.36. The Kier molecular flexibility index (Phi) is 7.03. The number of fused-ring (bicyclic) bond motifs is 8. The van der Waals surface area contributed by atoms with Crippen LogP contribution in [0.25, 0.3) is 44.5 Å². The molecule has 4 nitrogen and oxygen atoms in total. The number of ether oxygens (including phenoxy) is 2. The maximum Gasteiger partial charge on any atom is 0.137 e. The summed E-state index contributed by atoms with van der Waals surface area (Å²) in [7, 11) is 0. The van der Waals surface area contributed by atoms with Gasteiger partial charge in [0.25, 0.3) is 0 Å². The number of nitrogens with zero attached hydrogens (tertiary/aromatic N) is 1. The van der Waals surface area contributed by atoms with Crippen molar-refractivity contribution in [3.8, 4) is 67.5 Å². The lowest BCUT2D eigenvalue weighted by Crippen LogP contribution is -2.38. The van der Waals surface area contributed by atoms with Crippen LogP contribution in [0.1, 0.15) is 12.8 Å². The largest absolute Gasteiger partial charge is 0.456 e. The van der Waals surface area contributed by atoms with Crippen LogP contribution in [0.4, 0.5) is 5.69 Å². The van der Waals surface area contributed by atoms with Gasteiger partial charge in [0.2, 0.25) is 0 Å².